The zero-order chi connectivity index (χ0) is 15.0. The lowest BCUT2D eigenvalue weighted by atomic mass is 9.96. The number of hydrogen-bond donors (Lipinski definition) is 0. The van der Waals surface area contributed by atoms with Crippen LogP contribution in [-0.4, -0.2) is 11.9 Å². The number of Topliss-reactive ketones (excluding diaryl/α,β-unsaturated/α-hetero) is 1. The average molecular weight is 286 g/mol. The number of aryl methyl sites for hydroxylation is 1. The Morgan fingerprint density at radius 3 is 2.71 bits per heavy atom. The van der Waals surface area contributed by atoms with Crippen molar-refractivity contribution in [1.82, 2.24) is 0 Å². The van der Waals surface area contributed by atoms with E-state index in [1.807, 2.05) is 19.1 Å². The second-order valence-electron chi connectivity index (χ2n) is 5.62. The summed E-state index contributed by atoms with van der Waals surface area (Å²) in [4.78, 5) is 23.6. The highest BCUT2D eigenvalue weighted by molar-refractivity contribution is 5.85. The van der Waals surface area contributed by atoms with Gasteiger partial charge < -0.3 is 9.15 Å². The normalized spacial score (nSPS) is 19.0. The van der Waals surface area contributed by atoms with Gasteiger partial charge in [0.2, 0.25) is 0 Å². The van der Waals surface area contributed by atoms with Gasteiger partial charge in [-0.3, -0.25) is 4.79 Å². The number of rotatable bonds is 2. The molecule has 1 aliphatic carbocycles. The summed E-state index contributed by atoms with van der Waals surface area (Å²) in [5.74, 6) is 0.733. The summed E-state index contributed by atoms with van der Waals surface area (Å²) in [6.45, 7) is 3.66. The van der Waals surface area contributed by atoms with Crippen LogP contribution in [0.1, 0.15) is 36.8 Å². The van der Waals surface area contributed by atoms with Crippen LogP contribution in [0.5, 0.6) is 5.75 Å². The largest absolute Gasteiger partial charge is 0.483 e. The molecule has 0 N–H and O–H groups in total. The Hall–Kier alpha value is -2.10. The minimum atomic E-state index is -0.366. The van der Waals surface area contributed by atoms with E-state index in [-0.39, 0.29) is 17.5 Å². The van der Waals surface area contributed by atoms with Crippen molar-refractivity contribution in [2.24, 2.45) is 0 Å². The maximum absolute atomic E-state index is 11.8. The Morgan fingerprint density at radius 1 is 1.14 bits per heavy atom. The minimum absolute atomic E-state index is 0.155. The lowest BCUT2D eigenvalue weighted by molar-refractivity contribution is -0.127. The van der Waals surface area contributed by atoms with E-state index >= 15 is 0 Å². The summed E-state index contributed by atoms with van der Waals surface area (Å²) in [6, 6.07) is 5.41. The molecule has 0 amide bonds. The molecule has 0 saturated heterocycles. The van der Waals surface area contributed by atoms with Crippen molar-refractivity contribution in [3.63, 3.8) is 0 Å². The lowest BCUT2D eigenvalue weighted by Gasteiger charge is -2.21. The SMILES string of the molecule is Cc1c(C)c2ccc(O[C@H]3CCCCC3=O)cc2oc1=O. The highest BCUT2D eigenvalue weighted by Gasteiger charge is 2.24. The van der Waals surface area contributed by atoms with Gasteiger partial charge in [-0.25, -0.2) is 4.79 Å². The maximum atomic E-state index is 11.8. The fourth-order valence-corrected chi connectivity index (χ4v) is 2.74. The number of carbonyl (C=O) groups excluding carboxylic acids is 1. The first-order valence-electron chi connectivity index (χ1n) is 7.29. The van der Waals surface area contributed by atoms with Gasteiger partial charge in [-0.2, -0.15) is 0 Å². The number of benzene rings is 1. The molecule has 0 unspecified atom stereocenters. The van der Waals surface area contributed by atoms with Gasteiger partial charge in [0.25, 0.3) is 0 Å². The highest BCUT2D eigenvalue weighted by atomic mass is 16.5. The Morgan fingerprint density at radius 2 is 1.95 bits per heavy atom. The van der Waals surface area contributed by atoms with Gasteiger partial charge in [0, 0.05) is 23.4 Å². The van der Waals surface area contributed by atoms with Crippen LogP contribution in [0.2, 0.25) is 0 Å². The van der Waals surface area contributed by atoms with Crippen molar-refractivity contribution in [3.8, 4) is 5.75 Å². The minimum Gasteiger partial charge on any atom is -0.483 e. The van der Waals surface area contributed by atoms with Crippen LogP contribution >= 0.6 is 0 Å². The molecule has 21 heavy (non-hydrogen) atoms. The first-order valence-corrected chi connectivity index (χ1v) is 7.29. The van der Waals surface area contributed by atoms with Crippen LogP contribution in [0.15, 0.2) is 27.4 Å². The molecule has 1 heterocycles. The molecule has 3 rings (SSSR count). The van der Waals surface area contributed by atoms with Crippen molar-refractivity contribution in [2.45, 2.75) is 45.6 Å². The van der Waals surface area contributed by atoms with E-state index in [9.17, 15) is 9.59 Å². The Kier molecular flexibility index (Phi) is 3.53. The van der Waals surface area contributed by atoms with Gasteiger partial charge in [0.1, 0.15) is 11.3 Å². The highest BCUT2D eigenvalue weighted by Crippen LogP contribution is 2.26. The molecule has 1 saturated carbocycles. The monoisotopic (exact) mass is 286 g/mol. The number of ketones is 1. The summed E-state index contributed by atoms with van der Waals surface area (Å²) in [6.07, 6.45) is 2.94. The second kappa shape index (κ2) is 5.35. The third-order valence-electron chi connectivity index (χ3n) is 4.21. The summed E-state index contributed by atoms with van der Waals surface area (Å²) in [7, 11) is 0. The number of fused-ring (bicyclic) bond motifs is 1. The summed E-state index contributed by atoms with van der Waals surface area (Å²) >= 11 is 0. The van der Waals surface area contributed by atoms with E-state index in [4.69, 9.17) is 9.15 Å². The molecule has 1 aliphatic rings. The zero-order valence-corrected chi connectivity index (χ0v) is 12.3. The summed E-state index contributed by atoms with van der Waals surface area (Å²) in [5.41, 5.74) is 1.72. The van der Waals surface area contributed by atoms with Gasteiger partial charge in [-0.05, 0) is 50.8 Å². The van der Waals surface area contributed by atoms with Crippen LogP contribution in [0.25, 0.3) is 11.0 Å². The fraction of sp³-hybridized carbons (Fsp3) is 0.412. The van der Waals surface area contributed by atoms with Gasteiger partial charge in [0.05, 0.1) is 0 Å². The molecule has 0 aliphatic heterocycles. The van der Waals surface area contributed by atoms with Crippen LogP contribution in [-0.2, 0) is 4.79 Å². The molecular formula is C17H18O4. The van der Waals surface area contributed by atoms with E-state index in [0.717, 1.165) is 30.2 Å². The summed E-state index contributed by atoms with van der Waals surface area (Å²) < 4.78 is 11.1. The topological polar surface area (TPSA) is 56.5 Å². The molecule has 1 fully saturated rings. The van der Waals surface area contributed by atoms with Crippen LogP contribution in [0.4, 0.5) is 0 Å². The van der Waals surface area contributed by atoms with Crippen LogP contribution in [0, 0.1) is 13.8 Å². The molecule has 4 nitrogen and oxygen atoms in total. The Labute approximate surface area is 122 Å². The molecular weight excluding hydrogens is 268 g/mol. The smallest absolute Gasteiger partial charge is 0.339 e. The standard InChI is InChI=1S/C17H18O4/c1-10-11(2)17(19)21-16-9-12(7-8-13(10)16)20-15-6-4-3-5-14(15)18/h7-9,15H,3-6H2,1-2H3/t15-/m0/s1. The first kappa shape index (κ1) is 13.9. The summed E-state index contributed by atoms with van der Waals surface area (Å²) in [5, 5.41) is 0.898. The van der Waals surface area contributed by atoms with Gasteiger partial charge in [-0.1, -0.05) is 0 Å². The van der Waals surface area contributed by atoms with Gasteiger partial charge in [-0.15, -0.1) is 0 Å². The van der Waals surface area contributed by atoms with E-state index in [2.05, 4.69) is 0 Å². The molecule has 1 aromatic carbocycles. The molecule has 0 spiro atoms. The predicted molar refractivity (Wildman–Crippen MR) is 79.8 cm³/mol. The van der Waals surface area contributed by atoms with Crippen molar-refractivity contribution < 1.29 is 13.9 Å². The number of carbonyl (C=O) groups is 1. The quantitative estimate of drug-likeness (QED) is 0.795. The lowest BCUT2D eigenvalue weighted by Crippen LogP contribution is -2.30. The fourth-order valence-electron chi connectivity index (χ4n) is 2.74. The molecule has 4 heteroatoms. The third-order valence-corrected chi connectivity index (χ3v) is 4.21. The van der Waals surface area contributed by atoms with Gasteiger partial charge in [0.15, 0.2) is 11.9 Å². The second-order valence-corrected chi connectivity index (χ2v) is 5.62. The van der Waals surface area contributed by atoms with Crippen LogP contribution < -0.4 is 10.4 Å². The average Bonchev–Trinajstić information content (AvgIpc) is 2.47. The van der Waals surface area contributed by atoms with E-state index in [0.29, 0.717) is 23.3 Å². The van der Waals surface area contributed by atoms with E-state index in [1.54, 1.807) is 13.0 Å². The molecule has 110 valence electrons. The molecule has 0 radical (unpaired) electrons. The molecule has 2 aromatic rings. The predicted octanol–water partition coefficient (Wildman–Crippen LogP) is 3.30. The first-order chi connectivity index (χ1) is 10.1. The zero-order valence-electron chi connectivity index (χ0n) is 12.3. The number of ether oxygens (including phenoxy) is 1. The van der Waals surface area contributed by atoms with E-state index in [1.165, 1.54) is 0 Å². The maximum Gasteiger partial charge on any atom is 0.339 e. The van der Waals surface area contributed by atoms with Crippen molar-refractivity contribution in [2.75, 3.05) is 0 Å². The van der Waals surface area contributed by atoms with Crippen molar-refractivity contribution in [1.29, 1.82) is 0 Å². The molecule has 0 bridgehead atoms. The molecule has 1 aromatic heterocycles. The number of hydrogen-bond acceptors (Lipinski definition) is 4. The van der Waals surface area contributed by atoms with Crippen molar-refractivity contribution >= 4 is 16.8 Å². The van der Waals surface area contributed by atoms with Crippen molar-refractivity contribution in [3.05, 3.63) is 39.7 Å². The Bertz CT molecular complexity index is 757. The van der Waals surface area contributed by atoms with Gasteiger partial charge >= 0.3 is 5.63 Å². The third kappa shape index (κ3) is 2.58. The Balaban J connectivity index is 1.96. The van der Waals surface area contributed by atoms with E-state index < -0.39 is 0 Å². The van der Waals surface area contributed by atoms with Crippen LogP contribution in [0.3, 0.4) is 0 Å². The molecule has 1 atom stereocenters.